The molecular formula is C22H22F3O7S-. The molecule has 0 radical (unpaired) electrons. The van der Waals surface area contributed by atoms with Crippen LogP contribution in [0.15, 0.2) is 48.5 Å². The first-order valence-corrected chi connectivity index (χ1v) is 11.8. The van der Waals surface area contributed by atoms with Gasteiger partial charge in [0.25, 0.3) is 0 Å². The zero-order valence-electron chi connectivity index (χ0n) is 17.5. The third-order valence-corrected chi connectivity index (χ3v) is 5.90. The number of halogens is 3. The lowest BCUT2D eigenvalue weighted by Gasteiger charge is -2.38. The lowest BCUT2D eigenvalue weighted by Crippen LogP contribution is -2.35. The van der Waals surface area contributed by atoms with Crippen molar-refractivity contribution in [2.75, 3.05) is 12.4 Å². The van der Waals surface area contributed by atoms with E-state index in [4.69, 9.17) is 9.47 Å². The van der Waals surface area contributed by atoms with Crippen LogP contribution in [0.25, 0.3) is 0 Å². The highest BCUT2D eigenvalue weighted by atomic mass is 32.2. The van der Waals surface area contributed by atoms with E-state index in [9.17, 15) is 30.9 Å². The van der Waals surface area contributed by atoms with E-state index in [1.165, 1.54) is 0 Å². The normalized spacial score (nSPS) is 16.1. The van der Waals surface area contributed by atoms with Gasteiger partial charge in [-0.2, -0.15) is 0 Å². The van der Waals surface area contributed by atoms with Crippen molar-refractivity contribution in [1.82, 2.24) is 0 Å². The van der Waals surface area contributed by atoms with Gasteiger partial charge in [-0.1, -0.05) is 36.8 Å². The van der Waals surface area contributed by atoms with Crippen LogP contribution < -0.4 is 9.47 Å². The molecular weight excluding hydrogens is 465 g/mol. The highest BCUT2D eigenvalue weighted by Crippen LogP contribution is 2.44. The molecule has 0 N–H and O–H groups in total. The summed E-state index contributed by atoms with van der Waals surface area (Å²) in [4.78, 5) is 12.3. The number of carbonyl (C=O) groups is 1. The third-order valence-electron chi connectivity index (χ3n) is 5.24. The summed E-state index contributed by atoms with van der Waals surface area (Å²) >= 11 is 0. The minimum atomic E-state index is -4.99. The topological polar surface area (TPSA) is 102 Å². The number of benzene rings is 2. The Hall–Kier alpha value is -2.79. The number of hydrogen-bond acceptors (Lipinski definition) is 7. The number of esters is 1. The second-order valence-electron chi connectivity index (χ2n) is 7.63. The van der Waals surface area contributed by atoms with Gasteiger partial charge in [-0.15, -0.1) is 13.2 Å². The van der Waals surface area contributed by atoms with E-state index in [0.29, 0.717) is 12.8 Å². The Balaban J connectivity index is 1.94. The first-order valence-electron chi connectivity index (χ1n) is 10.2. The van der Waals surface area contributed by atoms with Crippen LogP contribution in [-0.2, 0) is 20.5 Å². The highest BCUT2D eigenvalue weighted by Gasteiger charge is 2.39. The summed E-state index contributed by atoms with van der Waals surface area (Å²) in [7, 11) is -4.59. The van der Waals surface area contributed by atoms with Gasteiger partial charge >= 0.3 is 12.3 Å². The van der Waals surface area contributed by atoms with Crippen LogP contribution in [0.3, 0.4) is 0 Å². The van der Waals surface area contributed by atoms with Crippen molar-refractivity contribution in [2.24, 2.45) is 0 Å². The molecule has 0 aromatic heterocycles. The summed E-state index contributed by atoms with van der Waals surface area (Å²) in [5.41, 5.74) is -0.305. The molecule has 11 heteroatoms. The summed E-state index contributed by atoms with van der Waals surface area (Å²) in [5.74, 6) is -2.86. The largest absolute Gasteiger partial charge is 0.748 e. The fourth-order valence-electron chi connectivity index (χ4n) is 3.77. The zero-order chi connectivity index (χ0) is 24.1. The molecule has 0 spiro atoms. The maximum atomic E-state index is 13.0. The molecule has 2 aromatic rings. The van der Waals surface area contributed by atoms with Crippen molar-refractivity contribution >= 4 is 16.1 Å². The Morgan fingerprint density at radius 1 is 1.00 bits per heavy atom. The van der Waals surface area contributed by atoms with E-state index in [1.54, 1.807) is 12.1 Å². The summed E-state index contributed by atoms with van der Waals surface area (Å²) in [6.45, 7) is -0.685. The first-order chi connectivity index (χ1) is 15.5. The van der Waals surface area contributed by atoms with Crippen LogP contribution in [0.1, 0.15) is 48.0 Å². The Labute approximate surface area is 189 Å². The molecule has 0 heterocycles. The molecule has 0 amide bonds. The van der Waals surface area contributed by atoms with E-state index in [2.05, 4.69) is 4.74 Å². The standard InChI is InChI=1S/C22H23F3O7S/c23-22(24,25)32-18-10-9-16(20(26)30-13-14-33(27,28)29)15-19(18)31-21(11-5-2-6-12-21)17-7-3-1-4-8-17/h1,3-4,7-10,15H,2,5-6,11-14H2,(H,27,28,29)/p-1. The number of ether oxygens (including phenoxy) is 3. The monoisotopic (exact) mass is 487 g/mol. The van der Waals surface area contributed by atoms with Gasteiger partial charge < -0.3 is 18.8 Å². The molecule has 2 aromatic carbocycles. The first kappa shape index (κ1) is 24.8. The van der Waals surface area contributed by atoms with Crippen molar-refractivity contribution in [2.45, 2.75) is 44.1 Å². The van der Waals surface area contributed by atoms with Crippen molar-refractivity contribution < 1.29 is 45.1 Å². The second-order valence-corrected chi connectivity index (χ2v) is 9.15. The molecule has 33 heavy (non-hydrogen) atoms. The molecule has 1 fully saturated rings. The number of rotatable bonds is 8. The van der Waals surface area contributed by atoms with E-state index in [0.717, 1.165) is 43.0 Å². The summed E-state index contributed by atoms with van der Waals surface area (Å²) in [5, 5.41) is 0. The Kier molecular flexibility index (Phi) is 7.53. The van der Waals surface area contributed by atoms with Gasteiger partial charge in [0.05, 0.1) is 21.4 Å². The molecule has 1 aliphatic carbocycles. The Morgan fingerprint density at radius 2 is 1.67 bits per heavy atom. The van der Waals surface area contributed by atoms with E-state index < -0.39 is 46.2 Å². The van der Waals surface area contributed by atoms with Crippen LogP contribution in [0, 0.1) is 0 Å². The molecule has 0 aliphatic heterocycles. The van der Waals surface area contributed by atoms with E-state index >= 15 is 0 Å². The molecule has 1 aliphatic rings. The van der Waals surface area contributed by atoms with Gasteiger partial charge in [-0.05, 0) is 49.4 Å². The fourth-order valence-corrected chi connectivity index (χ4v) is 4.06. The number of carbonyl (C=O) groups excluding carboxylic acids is 1. The third kappa shape index (κ3) is 7.10. The minimum Gasteiger partial charge on any atom is -0.748 e. The van der Waals surface area contributed by atoms with Gasteiger partial charge in [0, 0.05) is 0 Å². The highest BCUT2D eigenvalue weighted by molar-refractivity contribution is 7.85. The van der Waals surface area contributed by atoms with Crippen LogP contribution in [0.4, 0.5) is 13.2 Å². The minimum absolute atomic E-state index is 0.179. The van der Waals surface area contributed by atoms with Crippen LogP contribution in [0.2, 0.25) is 0 Å². The van der Waals surface area contributed by atoms with E-state index in [1.807, 2.05) is 18.2 Å². The van der Waals surface area contributed by atoms with Gasteiger partial charge in [0.15, 0.2) is 11.5 Å². The Morgan fingerprint density at radius 3 is 2.27 bits per heavy atom. The summed E-state index contributed by atoms with van der Waals surface area (Å²) < 4.78 is 86.1. The predicted octanol–water partition coefficient (Wildman–Crippen LogP) is 4.53. The lowest BCUT2D eigenvalue weighted by atomic mass is 9.79. The predicted molar refractivity (Wildman–Crippen MR) is 110 cm³/mol. The van der Waals surface area contributed by atoms with Crippen molar-refractivity contribution in [3.63, 3.8) is 0 Å². The second kappa shape index (κ2) is 10.0. The molecule has 0 unspecified atom stereocenters. The molecule has 7 nitrogen and oxygen atoms in total. The van der Waals surface area contributed by atoms with Crippen LogP contribution >= 0.6 is 0 Å². The molecule has 0 bridgehead atoms. The zero-order valence-corrected chi connectivity index (χ0v) is 18.3. The fraction of sp³-hybridized carbons (Fsp3) is 0.409. The van der Waals surface area contributed by atoms with Crippen molar-refractivity contribution in [3.05, 3.63) is 59.7 Å². The average Bonchev–Trinajstić information content (AvgIpc) is 2.74. The average molecular weight is 487 g/mol. The van der Waals surface area contributed by atoms with Gasteiger partial charge in [-0.3, -0.25) is 0 Å². The molecule has 180 valence electrons. The van der Waals surface area contributed by atoms with Gasteiger partial charge in [0.1, 0.15) is 12.2 Å². The molecule has 1 saturated carbocycles. The molecule has 0 atom stereocenters. The number of hydrogen-bond donors (Lipinski definition) is 0. The van der Waals surface area contributed by atoms with Crippen LogP contribution in [-0.4, -0.2) is 37.7 Å². The van der Waals surface area contributed by atoms with Gasteiger partial charge in [-0.25, -0.2) is 13.2 Å². The lowest BCUT2D eigenvalue weighted by molar-refractivity contribution is -0.275. The van der Waals surface area contributed by atoms with Crippen LogP contribution in [0.5, 0.6) is 11.5 Å². The van der Waals surface area contributed by atoms with Crippen molar-refractivity contribution in [3.8, 4) is 11.5 Å². The van der Waals surface area contributed by atoms with Crippen molar-refractivity contribution in [1.29, 1.82) is 0 Å². The summed E-state index contributed by atoms with van der Waals surface area (Å²) in [6.07, 6.45) is -1.32. The molecule has 3 rings (SSSR count). The molecule has 0 saturated heterocycles. The maximum absolute atomic E-state index is 13.0. The Bertz CT molecular complexity index is 1060. The smallest absolute Gasteiger partial charge is 0.573 e. The number of alkyl halides is 3. The SMILES string of the molecule is O=C(OCCS(=O)(=O)[O-])c1ccc(OC(F)(F)F)c(OC2(c3ccccc3)CCCCC2)c1. The van der Waals surface area contributed by atoms with E-state index in [-0.39, 0.29) is 11.3 Å². The maximum Gasteiger partial charge on any atom is 0.573 e. The quantitative estimate of drug-likeness (QED) is 0.398. The van der Waals surface area contributed by atoms with Gasteiger partial charge in [0.2, 0.25) is 0 Å². The summed E-state index contributed by atoms with van der Waals surface area (Å²) in [6, 6.07) is 12.1.